The van der Waals surface area contributed by atoms with Gasteiger partial charge >= 0.3 is 0 Å². The van der Waals surface area contributed by atoms with E-state index in [1.54, 1.807) is 29.3 Å². The van der Waals surface area contributed by atoms with E-state index in [0.717, 1.165) is 5.56 Å². The van der Waals surface area contributed by atoms with E-state index in [1.807, 2.05) is 55.8 Å². The summed E-state index contributed by atoms with van der Waals surface area (Å²) in [5.74, 6) is -1.35. The van der Waals surface area contributed by atoms with Gasteiger partial charge in [-0.3, -0.25) is 28.4 Å². The van der Waals surface area contributed by atoms with Crippen LogP contribution in [0.4, 0.5) is 0 Å². The van der Waals surface area contributed by atoms with Gasteiger partial charge in [0.25, 0.3) is 5.91 Å². The first-order chi connectivity index (χ1) is 23.5. The minimum absolute atomic E-state index is 0.0461. The topological polar surface area (TPSA) is 185 Å². The molecule has 0 saturated carbocycles. The lowest BCUT2D eigenvalue weighted by atomic mass is 10.0. The molecular formula is C33H42N10O5S. The number of nitrogens with one attached hydrogen (secondary N) is 4. The monoisotopic (exact) mass is 690 g/mol. The molecule has 0 radical (unpaired) electrons. The van der Waals surface area contributed by atoms with E-state index in [-0.39, 0.29) is 68.4 Å². The van der Waals surface area contributed by atoms with E-state index in [1.165, 1.54) is 16.0 Å². The van der Waals surface area contributed by atoms with Crippen LogP contribution in [-0.2, 0) is 32.1 Å². The summed E-state index contributed by atoms with van der Waals surface area (Å²) in [6.45, 7) is 7.46. The number of hydrogen-bond acceptors (Lipinski definition) is 9. The van der Waals surface area contributed by atoms with Crippen molar-refractivity contribution < 1.29 is 24.0 Å². The average Bonchev–Trinajstić information content (AvgIpc) is 3.77. The van der Waals surface area contributed by atoms with Gasteiger partial charge in [-0.1, -0.05) is 44.2 Å². The molecule has 0 fully saturated rings. The van der Waals surface area contributed by atoms with Crippen molar-refractivity contribution in [3.05, 3.63) is 71.0 Å². The van der Waals surface area contributed by atoms with E-state index >= 15 is 0 Å². The Morgan fingerprint density at radius 3 is 2.51 bits per heavy atom. The molecule has 0 bridgehead atoms. The maximum atomic E-state index is 13.8. The molecule has 5 amide bonds. The summed E-state index contributed by atoms with van der Waals surface area (Å²) in [4.78, 5) is 78.0. The molecule has 0 aliphatic carbocycles. The number of hydrogen-bond donors (Lipinski definition) is 4. The zero-order valence-electron chi connectivity index (χ0n) is 28.0. The quantitative estimate of drug-likeness (QED) is 0.248. The highest BCUT2D eigenvalue weighted by molar-refractivity contribution is 7.15. The van der Waals surface area contributed by atoms with E-state index < -0.39 is 29.9 Å². The number of aryl methyl sites for hydroxylation is 1. The van der Waals surface area contributed by atoms with Crippen molar-refractivity contribution in [2.45, 2.75) is 71.6 Å². The molecule has 1 aromatic carbocycles. The minimum atomic E-state index is -0.973. The molecule has 15 nitrogen and oxygen atoms in total. The van der Waals surface area contributed by atoms with Crippen molar-refractivity contribution in [2.24, 2.45) is 5.92 Å². The van der Waals surface area contributed by atoms with E-state index in [2.05, 4.69) is 36.3 Å². The van der Waals surface area contributed by atoms with Gasteiger partial charge in [0.2, 0.25) is 23.6 Å². The Morgan fingerprint density at radius 1 is 1.00 bits per heavy atom. The van der Waals surface area contributed by atoms with Crippen LogP contribution in [0.5, 0.6) is 0 Å². The maximum absolute atomic E-state index is 13.8. The van der Waals surface area contributed by atoms with Crippen LogP contribution in [0, 0.1) is 12.8 Å². The molecule has 16 heteroatoms. The SMILES string of the molecule is Cc1nc2n(n1)CC(=O)NCCN(C(=O)c1cn3ccsc3n1)CCCC(=O)N[C@@H](C)C(=O)N[C@H](Cc1ccccc1)C(=O)N[C@H]2C(C)C. The summed E-state index contributed by atoms with van der Waals surface area (Å²) < 4.78 is 3.23. The Morgan fingerprint density at radius 2 is 1.78 bits per heavy atom. The Labute approximate surface area is 287 Å². The highest BCUT2D eigenvalue weighted by Gasteiger charge is 2.31. The number of carbonyl (C=O) groups excluding carboxylic acids is 5. The lowest BCUT2D eigenvalue weighted by molar-refractivity contribution is -0.132. The smallest absolute Gasteiger partial charge is 0.274 e. The second kappa shape index (κ2) is 15.9. The van der Waals surface area contributed by atoms with Crippen LogP contribution in [0.3, 0.4) is 0 Å². The molecule has 4 heterocycles. The van der Waals surface area contributed by atoms with E-state index in [0.29, 0.717) is 23.0 Å². The molecule has 5 rings (SSSR count). The Kier molecular flexibility index (Phi) is 11.4. The zero-order valence-corrected chi connectivity index (χ0v) is 28.8. The summed E-state index contributed by atoms with van der Waals surface area (Å²) in [6, 6.07) is 6.75. The van der Waals surface area contributed by atoms with Crippen molar-refractivity contribution in [3.8, 4) is 0 Å². The first-order valence-corrected chi connectivity index (χ1v) is 17.2. The molecule has 0 saturated heterocycles. The number of benzene rings is 1. The van der Waals surface area contributed by atoms with Gasteiger partial charge in [-0.2, -0.15) is 5.10 Å². The number of rotatable bonds is 4. The molecule has 4 aromatic rings. The van der Waals surface area contributed by atoms with Crippen LogP contribution in [0.25, 0.3) is 4.96 Å². The molecule has 0 spiro atoms. The molecule has 3 atom stereocenters. The number of imidazole rings is 1. The first-order valence-electron chi connectivity index (χ1n) is 16.3. The molecule has 3 aromatic heterocycles. The number of thiazole rings is 1. The van der Waals surface area contributed by atoms with Gasteiger partial charge in [-0.15, -0.1) is 11.3 Å². The molecule has 1 aliphatic rings. The largest absolute Gasteiger partial charge is 0.353 e. The summed E-state index contributed by atoms with van der Waals surface area (Å²) in [7, 11) is 0. The number of amides is 5. The Balaban J connectivity index is 1.40. The fourth-order valence-electron chi connectivity index (χ4n) is 5.60. The van der Waals surface area contributed by atoms with Crippen molar-refractivity contribution in [2.75, 3.05) is 19.6 Å². The zero-order chi connectivity index (χ0) is 35.1. The second-order valence-electron chi connectivity index (χ2n) is 12.4. The lowest BCUT2D eigenvalue weighted by Crippen LogP contribution is -2.54. The molecule has 260 valence electrons. The van der Waals surface area contributed by atoms with Crippen LogP contribution in [0.1, 0.15) is 67.4 Å². The fraction of sp³-hybridized carbons (Fsp3) is 0.455. The molecular weight excluding hydrogens is 648 g/mol. The van der Waals surface area contributed by atoms with Crippen LogP contribution < -0.4 is 21.3 Å². The van der Waals surface area contributed by atoms with Crippen molar-refractivity contribution in [3.63, 3.8) is 0 Å². The third kappa shape index (κ3) is 9.07. The molecule has 0 unspecified atom stereocenters. The van der Waals surface area contributed by atoms with Crippen LogP contribution in [0.15, 0.2) is 48.1 Å². The lowest BCUT2D eigenvalue weighted by Gasteiger charge is -2.27. The number of aromatic nitrogens is 5. The van der Waals surface area contributed by atoms with Gasteiger partial charge in [0, 0.05) is 50.2 Å². The third-order valence-electron chi connectivity index (χ3n) is 8.16. The average molecular weight is 691 g/mol. The summed E-state index contributed by atoms with van der Waals surface area (Å²) in [5.41, 5.74) is 1.09. The van der Waals surface area contributed by atoms with Gasteiger partial charge in [0.1, 0.15) is 30.1 Å². The maximum Gasteiger partial charge on any atom is 0.274 e. The number of nitrogens with zero attached hydrogens (tertiary/aromatic N) is 6. The number of fused-ring (bicyclic) bond motifs is 2. The van der Waals surface area contributed by atoms with Crippen molar-refractivity contribution >= 4 is 45.8 Å². The van der Waals surface area contributed by atoms with Gasteiger partial charge in [0.05, 0.1) is 6.04 Å². The standard InChI is InChI=1S/C33H42N10O5S/c1-20(2)28-29-36-22(4)40-43(29)19-27(45)34-12-14-41(32(48)25-18-42-15-16-49-33(42)38-25)13-8-11-26(44)35-21(3)30(46)37-24(31(47)39-28)17-23-9-6-5-7-10-23/h5-7,9-10,15-16,18,20-21,24,28H,8,11-14,17,19H2,1-4H3,(H,34,45)(H,35,44)(H,37,46)(H,39,47)/t21-,24+,28-/m0/s1. The van der Waals surface area contributed by atoms with Gasteiger partial charge in [-0.25, -0.2) is 14.6 Å². The number of carbonyl (C=O) groups is 5. The van der Waals surface area contributed by atoms with Crippen LogP contribution >= 0.6 is 11.3 Å². The highest BCUT2D eigenvalue weighted by atomic mass is 32.1. The van der Waals surface area contributed by atoms with E-state index in [9.17, 15) is 24.0 Å². The Hall–Kier alpha value is -5.12. The first kappa shape index (κ1) is 35.2. The highest BCUT2D eigenvalue weighted by Crippen LogP contribution is 2.21. The van der Waals surface area contributed by atoms with Crippen molar-refractivity contribution in [1.82, 2.24) is 50.3 Å². The third-order valence-corrected chi connectivity index (χ3v) is 8.93. The molecule has 4 N–H and O–H groups in total. The van der Waals surface area contributed by atoms with E-state index in [4.69, 9.17) is 0 Å². The Bertz CT molecular complexity index is 1770. The molecule has 1 aliphatic heterocycles. The summed E-state index contributed by atoms with van der Waals surface area (Å²) in [5, 5.41) is 17.7. The fourth-order valence-corrected chi connectivity index (χ4v) is 6.30. The van der Waals surface area contributed by atoms with Gasteiger partial charge in [0.15, 0.2) is 10.8 Å². The van der Waals surface area contributed by atoms with Crippen LogP contribution in [0.2, 0.25) is 0 Å². The predicted octanol–water partition coefficient (Wildman–Crippen LogP) is 1.39. The van der Waals surface area contributed by atoms with Crippen molar-refractivity contribution in [1.29, 1.82) is 0 Å². The second-order valence-corrected chi connectivity index (χ2v) is 13.3. The van der Waals surface area contributed by atoms with Crippen LogP contribution in [-0.4, -0.2) is 90.3 Å². The summed E-state index contributed by atoms with van der Waals surface area (Å²) in [6.07, 6.45) is 4.02. The summed E-state index contributed by atoms with van der Waals surface area (Å²) >= 11 is 1.41. The normalized spacial score (nSPS) is 20.7. The van der Waals surface area contributed by atoms with Gasteiger partial charge < -0.3 is 26.2 Å². The van der Waals surface area contributed by atoms with Gasteiger partial charge in [-0.05, 0) is 31.7 Å². The molecule has 49 heavy (non-hydrogen) atoms. The minimum Gasteiger partial charge on any atom is -0.353 e. The predicted molar refractivity (Wildman–Crippen MR) is 181 cm³/mol.